The van der Waals surface area contributed by atoms with Crippen LogP contribution in [0.5, 0.6) is 11.5 Å². The number of rotatable bonds is 6. The van der Waals surface area contributed by atoms with Gasteiger partial charge in [-0.1, -0.05) is 0 Å². The molecule has 0 aliphatic carbocycles. The number of thiophene rings is 1. The van der Waals surface area contributed by atoms with Crippen LogP contribution in [0.25, 0.3) is 0 Å². The molecule has 6 heteroatoms. The van der Waals surface area contributed by atoms with Gasteiger partial charge >= 0.3 is 5.97 Å². The highest BCUT2D eigenvalue weighted by Gasteiger charge is 2.32. The molecule has 2 heterocycles. The van der Waals surface area contributed by atoms with Crippen molar-refractivity contribution in [1.29, 1.82) is 0 Å². The van der Waals surface area contributed by atoms with Gasteiger partial charge < -0.3 is 14.6 Å². The molecule has 5 nitrogen and oxygen atoms in total. The molecule has 2 aromatic rings. The van der Waals surface area contributed by atoms with Gasteiger partial charge in [-0.15, -0.1) is 11.3 Å². The van der Waals surface area contributed by atoms with Gasteiger partial charge in [-0.3, -0.25) is 9.69 Å². The molecule has 3 rings (SSSR count). The second-order valence-electron chi connectivity index (χ2n) is 6.69. The Balaban J connectivity index is 1.99. The number of hydrogen-bond acceptors (Lipinski definition) is 5. The molecule has 1 atom stereocenters. The predicted octanol–water partition coefficient (Wildman–Crippen LogP) is 3.96. The van der Waals surface area contributed by atoms with Gasteiger partial charge in [0, 0.05) is 10.4 Å². The Kier molecular flexibility index (Phi) is 5.84. The highest BCUT2D eigenvalue weighted by molar-refractivity contribution is 7.10. The largest absolute Gasteiger partial charge is 0.497 e. The number of aliphatic carboxylic acids is 1. The Labute approximate surface area is 158 Å². The predicted molar refractivity (Wildman–Crippen MR) is 102 cm³/mol. The Morgan fingerprint density at radius 3 is 2.50 bits per heavy atom. The van der Waals surface area contributed by atoms with Crippen LogP contribution in [0.2, 0.25) is 0 Å². The van der Waals surface area contributed by atoms with Gasteiger partial charge in [0.1, 0.15) is 11.5 Å². The summed E-state index contributed by atoms with van der Waals surface area (Å²) in [5.41, 5.74) is 2.29. The summed E-state index contributed by atoms with van der Waals surface area (Å²) in [6, 6.07) is 8.11. The molecule has 1 saturated heterocycles. The summed E-state index contributed by atoms with van der Waals surface area (Å²) in [4.78, 5) is 14.9. The summed E-state index contributed by atoms with van der Waals surface area (Å²) in [5, 5.41) is 11.4. The average molecular weight is 375 g/mol. The zero-order chi connectivity index (χ0) is 18.7. The van der Waals surface area contributed by atoms with Crippen LogP contribution < -0.4 is 9.47 Å². The Hall–Kier alpha value is -2.05. The van der Waals surface area contributed by atoms with Gasteiger partial charge in [-0.2, -0.15) is 0 Å². The second-order valence-corrected chi connectivity index (χ2v) is 7.63. The summed E-state index contributed by atoms with van der Waals surface area (Å²) in [6.45, 7) is 3.59. The molecule has 1 unspecified atom stereocenters. The number of carboxylic acid groups (broad SMARTS) is 1. The monoisotopic (exact) mass is 375 g/mol. The molecule has 0 saturated carbocycles. The maximum absolute atomic E-state index is 11.3. The number of piperidine rings is 1. The van der Waals surface area contributed by atoms with E-state index in [1.807, 2.05) is 18.2 Å². The lowest BCUT2D eigenvalue weighted by atomic mass is 9.93. The first-order valence-electron chi connectivity index (χ1n) is 8.77. The van der Waals surface area contributed by atoms with Crippen LogP contribution in [0.15, 0.2) is 29.6 Å². The first-order chi connectivity index (χ1) is 12.5. The average Bonchev–Trinajstić information content (AvgIpc) is 3.08. The third-order valence-corrected chi connectivity index (χ3v) is 6.10. The molecule has 26 heavy (non-hydrogen) atoms. The minimum Gasteiger partial charge on any atom is -0.497 e. The van der Waals surface area contributed by atoms with Crippen LogP contribution in [-0.4, -0.2) is 43.3 Å². The standard InChI is InChI=1S/C20H25NO4S/c1-13-10-18(26-12-13)19(21-8-6-14(7-9-21)20(22)23)16-11-15(24-2)4-5-17(16)25-3/h4-5,10-12,14,19H,6-9H2,1-3H3,(H,22,23). The van der Waals surface area contributed by atoms with Crippen molar-refractivity contribution >= 4 is 17.3 Å². The van der Waals surface area contributed by atoms with Crippen molar-refractivity contribution in [3.63, 3.8) is 0 Å². The molecule has 0 amide bonds. The molecular weight excluding hydrogens is 350 g/mol. The zero-order valence-corrected chi connectivity index (χ0v) is 16.2. The van der Waals surface area contributed by atoms with Crippen LogP contribution in [0.1, 0.15) is 34.9 Å². The zero-order valence-electron chi connectivity index (χ0n) is 15.4. The van der Waals surface area contributed by atoms with Crippen LogP contribution in [0.4, 0.5) is 0 Å². The highest BCUT2D eigenvalue weighted by Crippen LogP contribution is 2.40. The van der Waals surface area contributed by atoms with E-state index in [0.29, 0.717) is 12.8 Å². The van der Waals surface area contributed by atoms with E-state index in [1.54, 1.807) is 25.6 Å². The van der Waals surface area contributed by atoms with Gasteiger partial charge in [0.25, 0.3) is 0 Å². The van der Waals surface area contributed by atoms with E-state index >= 15 is 0 Å². The maximum atomic E-state index is 11.3. The van der Waals surface area contributed by atoms with Gasteiger partial charge in [0.05, 0.1) is 26.2 Å². The lowest BCUT2D eigenvalue weighted by molar-refractivity contribution is -0.143. The van der Waals surface area contributed by atoms with Gasteiger partial charge in [0.2, 0.25) is 0 Å². The van der Waals surface area contributed by atoms with E-state index in [9.17, 15) is 9.90 Å². The quantitative estimate of drug-likeness (QED) is 0.828. The first kappa shape index (κ1) is 18.7. The van der Waals surface area contributed by atoms with Crippen molar-refractivity contribution in [2.75, 3.05) is 27.3 Å². The normalized spacial score (nSPS) is 17.0. The van der Waals surface area contributed by atoms with E-state index in [4.69, 9.17) is 9.47 Å². The van der Waals surface area contributed by atoms with Crippen molar-refractivity contribution in [3.05, 3.63) is 45.6 Å². The number of nitrogens with zero attached hydrogens (tertiary/aromatic N) is 1. The van der Waals surface area contributed by atoms with Crippen LogP contribution in [0.3, 0.4) is 0 Å². The summed E-state index contributed by atoms with van der Waals surface area (Å²) < 4.78 is 11.1. The molecule has 0 spiro atoms. The first-order valence-corrected chi connectivity index (χ1v) is 9.65. The minimum atomic E-state index is -0.688. The Morgan fingerprint density at radius 1 is 1.23 bits per heavy atom. The number of hydrogen-bond donors (Lipinski definition) is 1. The van der Waals surface area contributed by atoms with Gasteiger partial charge in [-0.05, 0) is 68.1 Å². The van der Waals surface area contributed by atoms with E-state index in [-0.39, 0.29) is 12.0 Å². The minimum absolute atomic E-state index is 0.0356. The molecule has 1 aromatic carbocycles. The lowest BCUT2D eigenvalue weighted by Crippen LogP contribution is -2.39. The molecule has 1 aromatic heterocycles. The fourth-order valence-corrected chi connectivity index (χ4v) is 4.63. The number of methoxy groups -OCH3 is 2. The van der Waals surface area contributed by atoms with Crippen LogP contribution in [0, 0.1) is 12.8 Å². The summed E-state index contributed by atoms with van der Waals surface area (Å²) >= 11 is 1.73. The number of likely N-dealkylation sites (tertiary alicyclic amines) is 1. The van der Waals surface area contributed by atoms with Crippen molar-refractivity contribution in [1.82, 2.24) is 4.90 Å². The summed E-state index contributed by atoms with van der Waals surface area (Å²) in [7, 11) is 3.34. The smallest absolute Gasteiger partial charge is 0.306 e. The molecule has 0 bridgehead atoms. The lowest BCUT2D eigenvalue weighted by Gasteiger charge is -2.37. The summed E-state index contributed by atoms with van der Waals surface area (Å²) in [6.07, 6.45) is 1.34. The third kappa shape index (κ3) is 3.86. The molecule has 1 aliphatic rings. The van der Waals surface area contributed by atoms with Crippen LogP contribution in [-0.2, 0) is 4.79 Å². The highest BCUT2D eigenvalue weighted by atomic mass is 32.1. The molecule has 1 aliphatic heterocycles. The molecule has 0 radical (unpaired) electrons. The number of carboxylic acids is 1. The van der Waals surface area contributed by atoms with Crippen LogP contribution >= 0.6 is 11.3 Å². The Bertz CT molecular complexity index is 765. The van der Waals surface area contributed by atoms with Gasteiger partial charge in [0.15, 0.2) is 0 Å². The number of carbonyl (C=O) groups is 1. The van der Waals surface area contributed by atoms with Gasteiger partial charge in [-0.25, -0.2) is 0 Å². The number of aryl methyl sites for hydroxylation is 1. The summed E-state index contributed by atoms with van der Waals surface area (Å²) in [5.74, 6) is 0.679. The molecule has 1 N–H and O–H groups in total. The van der Waals surface area contributed by atoms with Crippen molar-refractivity contribution in [3.8, 4) is 11.5 Å². The number of benzene rings is 1. The molecular formula is C20H25NO4S. The fourth-order valence-electron chi connectivity index (χ4n) is 3.58. The second kappa shape index (κ2) is 8.10. The van der Waals surface area contributed by atoms with E-state index < -0.39 is 5.97 Å². The third-order valence-electron chi connectivity index (χ3n) is 5.00. The van der Waals surface area contributed by atoms with E-state index in [1.165, 1.54) is 10.4 Å². The van der Waals surface area contributed by atoms with Crippen molar-refractivity contribution in [2.45, 2.75) is 25.8 Å². The topological polar surface area (TPSA) is 59.0 Å². The maximum Gasteiger partial charge on any atom is 0.306 e. The number of ether oxygens (including phenoxy) is 2. The Morgan fingerprint density at radius 2 is 1.96 bits per heavy atom. The van der Waals surface area contributed by atoms with E-state index in [0.717, 1.165) is 30.2 Å². The molecule has 140 valence electrons. The SMILES string of the molecule is COc1ccc(OC)c(C(c2cc(C)cs2)N2CCC(C(=O)O)CC2)c1. The van der Waals surface area contributed by atoms with Crippen molar-refractivity contribution in [2.24, 2.45) is 5.92 Å². The van der Waals surface area contributed by atoms with E-state index in [2.05, 4.69) is 23.3 Å². The fraction of sp³-hybridized carbons (Fsp3) is 0.450. The molecule has 1 fully saturated rings. The van der Waals surface area contributed by atoms with Crippen molar-refractivity contribution < 1.29 is 19.4 Å².